The molecule has 0 aliphatic carbocycles. The summed E-state index contributed by atoms with van der Waals surface area (Å²) >= 11 is 1.80. The summed E-state index contributed by atoms with van der Waals surface area (Å²) in [6.07, 6.45) is 1.61. The highest BCUT2D eigenvalue weighted by Crippen LogP contribution is 2.45. The molecular formula is C24H25B2N3O3S. The minimum Gasteiger partial charge on any atom is -0.502 e. The van der Waals surface area contributed by atoms with Crippen LogP contribution in [0.4, 0.5) is 0 Å². The molecule has 0 saturated heterocycles. The van der Waals surface area contributed by atoms with E-state index >= 15 is 0 Å². The van der Waals surface area contributed by atoms with Crippen LogP contribution in [0.25, 0.3) is 0 Å². The number of thioether (sulfide) groups is 1. The van der Waals surface area contributed by atoms with Crippen molar-refractivity contribution < 1.29 is 9.90 Å². The van der Waals surface area contributed by atoms with Gasteiger partial charge in [-0.15, -0.1) is 11.8 Å². The van der Waals surface area contributed by atoms with Gasteiger partial charge in [-0.2, -0.15) is 0 Å². The van der Waals surface area contributed by atoms with Crippen LogP contribution in [0.1, 0.15) is 47.1 Å². The van der Waals surface area contributed by atoms with Crippen molar-refractivity contribution in [1.82, 2.24) is 9.58 Å². The van der Waals surface area contributed by atoms with Gasteiger partial charge in [0, 0.05) is 29.0 Å². The molecule has 0 fully saturated rings. The maximum Gasteiger partial charge on any atom is 0.277 e. The van der Waals surface area contributed by atoms with E-state index in [1.165, 1.54) is 16.5 Å². The zero-order valence-corrected chi connectivity index (χ0v) is 20.0. The monoisotopic (exact) mass is 457 g/mol. The number of hydrogen-bond donors (Lipinski definition) is 1. The molecule has 2 aliphatic heterocycles. The smallest absolute Gasteiger partial charge is 0.277 e. The van der Waals surface area contributed by atoms with Crippen LogP contribution in [0.15, 0.2) is 70.5 Å². The molecule has 9 heteroatoms. The number of pyridine rings is 1. The Morgan fingerprint density at radius 2 is 1.70 bits per heavy atom. The van der Waals surface area contributed by atoms with Crippen molar-refractivity contribution in [2.45, 2.75) is 42.0 Å². The molecule has 3 heterocycles. The number of benzene rings is 2. The maximum atomic E-state index is 13.6. The third-order valence-electron chi connectivity index (χ3n) is 6.57. The molecule has 2 aliphatic rings. The second-order valence-electron chi connectivity index (χ2n) is 9.26. The molecular weight excluding hydrogens is 432 g/mol. The zero-order valence-electron chi connectivity index (χ0n) is 19.1. The molecule has 1 N–H and O–H groups in total. The Hall–Kier alpha value is -3.06. The van der Waals surface area contributed by atoms with Crippen LogP contribution < -0.4 is 10.4 Å². The molecule has 1 aromatic heterocycles. The van der Waals surface area contributed by atoms with Crippen LogP contribution in [0.5, 0.6) is 5.75 Å². The summed E-state index contributed by atoms with van der Waals surface area (Å²) in [5.74, 6) is -0.0307. The highest BCUT2D eigenvalue weighted by Gasteiger charge is 2.49. The van der Waals surface area contributed by atoms with Crippen LogP contribution in [0, 0.1) is 0 Å². The summed E-state index contributed by atoms with van der Waals surface area (Å²) in [5.41, 5.74) is 2.17. The lowest BCUT2D eigenvalue weighted by Gasteiger charge is -2.57. The van der Waals surface area contributed by atoms with E-state index in [1.54, 1.807) is 27.5 Å². The first kappa shape index (κ1) is 21.8. The van der Waals surface area contributed by atoms with Gasteiger partial charge in [0.1, 0.15) is 0 Å². The van der Waals surface area contributed by atoms with Gasteiger partial charge in [-0.3, -0.25) is 19.3 Å². The minimum atomic E-state index is -0.764. The van der Waals surface area contributed by atoms with Gasteiger partial charge in [0.05, 0.1) is 11.5 Å². The normalized spacial score (nSPS) is 19.0. The standard InChI is InChI=1S/C24H25B2N3O3S/c1-14(2)28-23(32)21-22(31)18(30)11-12-27(21)29(24(28,25)26)20-16-8-4-3-7-15(16)13-33-19-10-6-5-9-17(19)20/h3-12,14,20,31H,13,25-26H2,1-2H3. The highest BCUT2D eigenvalue weighted by molar-refractivity contribution is 7.98. The van der Waals surface area contributed by atoms with Crippen molar-refractivity contribution in [2.24, 2.45) is 0 Å². The minimum absolute atomic E-state index is 0.00221. The van der Waals surface area contributed by atoms with Crippen molar-refractivity contribution in [1.29, 1.82) is 0 Å². The van der Waals surface area contributed by atoms with Crippen LogP contribution >= 0.6 is 11.8 Å². The lowest BCUT2D eigenvalue weighted by Crippen LogP contribution is -2.73. The van der Waals surface area contributed by atoms with Gasteiger partial charge in [-0.05, 0) is 36.6 Å². The second kappa shape index (κ2) is 7.76. The fourth-order valence-electron chi connectivity index (χ4n) is 5.30. The van der Waals surface area contributed by atoms with Crippen molar-refractivity contribution >= 4 is 33.4 Å². The van der Waals surface area contributed by atoms with Crippen molar-refractivity contribution in [3.63, 3.8) is 0 Å². The first-order valence-electron chi connectivity index (χ1n) is 11.1. The molecule has 5 rings (SSSR count). The topological polar surface area (TPSA) is 65.8 Å². The Morgan fingerprint density at radius 3 is 2.42 bits per heavy atom. The Kier molecular flexibility index (Phi) is 5.12. The lowest BCUT2D eigenvalue weighted by molar-refractivity contribution is 0.0517. The van der Waals surface area contributed by atoms with E-state index in [9.17, 15) is 14.7 Å². The third kappa shape index (κ3) is 3.21. The molecule has 1 amide bonds. The van der Waals surface area contributed by atoms with Crippen molar-refractivity contribution in [3.8, 4) is 5.75 Å². The number of rotatable bonds is 2. The quantitative estimate of drug-likeness (QED) is 0.593. The number of aromatic hydroxyl groups is 1. The Morgan fingerprint density at radius 1 is 1.03 bits per heavy atom. The summed E-state index contributed by atoms with van der Waals surface area (Å²) in [4.78, 5) is 28.9. The van der Waals surface area contributed by atoms with Crippen LogP contribution in [0.3, 0.4) is 0 Å². The van der Waals surface area contributed by atoms with E-state index in [-0.39, 0.29) is 23.7 Å². The highest BCUT2D eigenvalue weighted by atomic mass is 32.2. The summed E-state index contributed by atoms with van der Waals surface area (Å²) < 4.78 is 1.69. The van der Waals surface area contributed by atoms with Gasteiger partial charge in [0.2, 0.25) is 5.43 Å². The van der Waals surface area contributed by atoms with E-state index < -0.39 is 16.6 Å². The van der Waals surface area contributed by atoms with E-state index in [4.69, 9.17) is 0 Å². The van der Waals surface area contributed by atoms with Crippen LogP contribution in [0.2, 0.25) is 0 Å². The summed E-state index contributed by atoms with van der Waals surface area (Å²) in [7, 11) is 4.04. The number of amides is 1. The largest absolute Gasteiger partial charge is 0.502 e. The molecule has 33 heavy (non-hydrogen) atoms. The lowest BCUT2D eigenvalue weighted by atomic mass is 9.65. The molecule has 1 atom stereocenters. The number of carbonyl (C=O) groups excluding carboxylic acids is 1. The van der Waals surface area contributed by atoms with Crippen LogP contribution in [-0.2, 0) is 5.75 Å². The Labute approximate surface area is 199 Å². The molecule has 1 unspecified atom stereocenters. The number of fused-ring (bicyclic) bond motifs is 3. The van der Waals surface area contributed by atoms with Gasteiger partial charge in [-0.25, -0.2) is 0 Å². The molecule has 166 valence electrons. The predicted octanol–water partition coefficient (Wildman–Crippen LogP) is 1.63. The van der Waals surface area contributed by atoms with E-state index in [2.05, 4.69) is 29.3 Å². The summed E-state index contributed by atoms with van der Waals surface area (Å²) in [6.45, 7) is 3.91. The molecule has 2 aromatic carbocycles. The van der Waals surface area contributed by atoms with Crippen molar-refractivity contribution in [3.05, 3.63) is 93.4 Å². The average molecular weight is 457 g/mol. The summed E-state index contributed by atoms with van der Waals surface area (Å²) in [5, 5.41) is 12.9. The fourth-order valence-corrected chi connectivity index (χ4v) is 6.39. The molecule has 6 nitrogen and oxygen atoms in total. The average Bonchev–Trinajstić information content (AvgIpc) is 2.93. The predicted molar refractivity (Wildman–Crippen MR) is 136 cm³/mol. The molecule has 0 bridgehead atoms. The zero-order chi connectivity index (χ0) is 23.5. The van der Waals surface area contributed by atoms with E-state index in [0.29, 0.717) is 0 Å². The summed E-state index contributed by atoms with van der Waals surface area (Å²) in [6, 6.07) is 17.6. The Balaban J connectivity index is 1.87. The molecule has 0 saturated carbocycles. The SMILES string of the molecule is BC1(B)N(C(C)C)C(=O)c2c(O)c(=O)ccn2N1C1c2ccccc2CSc2ccccc21. The maximum absolute atomic E-state index is 13.6. The number of nitrogens with zero attached hydrogens (tertiary/aromatic N) is 3. The second-order valence-corrected chi connectivity index (χ2v) is 10.3. The number of aromatic nitrogens is 1. The van der Waals surface area contributed by atoms with E-state index in [0.717, 1.165) is 16.9 Å². The molecule has 0 spiro atoms. The first-order chi connectivity index (χ1) is 15.7. The molecule has 3 aromatic rings. The fraction of sp³-hybridized carbons (Fsp3) is 0.250. The molecule has 0 radical (unpaired) electrons. The van der Waals surface area contributed by atoms with Gasteiger partial charge < -0.3 is 10.0 Å². The van der Waals surface area contributed by atoms with E-state index in [1.807, 2.05) is 53.8 Å². The van der Waals surface area contributed by atoms with Crippen molar-refractivity contribution in [2.75, 3.05) is 5.01 Å². The number of carbonyl (C=O) groups is 1. The van der Waals surface area contributed by atoms with Gasteiger partial charge in [-0.1, -0.05) is 42.5 Å². The third-order valence-corrected chi connectivity index (χ3v) is 7.70. The number of hydrogen-bond acceptors (Lipinski definition) is 5. The first-order valence-corrected chi connectivity index (χ1v) is 12.1. The van der Waals surface area contributed by atoms with Gasteiger partial charge in [0.25, 0.3) is 5.91 Å². The van der Waals surface area contributed by atoms with Crippen LogP contribution in [-0.4, -0.2) is 47.8 Å². The van der Waals surface area contributed by atoms with Gasteiger partial charge in [0.15, 0.2) is 27.1 Å². The Bertz CT molecular complexity index is 1280. The van der Waals surface area contributed by atoms with Gasteiger partial charge >= 0.3 is 0 Å².